The van der Waals surface area contributed by atoms with Crippen LogP contribution in [0.2, 0.25) is 0 Å². The molecule has 0 spiro atoms. The number of nitrogens with zero attached hydrogens (tertiary/aromatic N) is 2. The van der Waals surface area contributed by atoms with Gasteiger partial charge in [0.05, 0.1) is 5.69 Å². The standard InChI is InChI=1S/C59H63BN2/c1-11-13-19-39-27-32-43(33-28-39)61-50-36-42(57(4,5)6)37-51-54(50)60(52-44-21-15-17-23-47(44)58(7,8)55(52)61)53-45-22-16-18-24-48(45)59(9,10)56(53)62(51)49-34-29-40(20-14-12-2)35-46(49)41-30-25-38(3)26-31-41/h15-18,21-37H,11-14,19-20H2,1-10H3. The van der Waals surface area contributed by atoms with E-state index in [0.717, 1.165) is 12.8 Å². The van der Waals surface area contributed by atoms with Crippen molar-refractivity contribution in [2.45, 2.75) is 124 Å². The highest BCUT2D eigenvalue weighted by Crippen LogP contribution is 2.62. The highest BCUT2D eigenvalue weighted by molar-refractivity contribution is 7.06. The van der Waals surface area contributed by atoms with Gasteiger partial charge in [-0.3, -0.25) is 0 Å². The van der Waals surface area contributed by atoms with Crippen molar-refractivity contribution in [2.75, 3.05) is 9.80 Å². The lowest BCUT2D eigenvalue weighted by Gasteiger charge is -2.48. The molecule has 0 fully saturated rings. The fourth-order valence-electron chi connectivity index (χ4n) is 11.5. The van der Waals surface area contributed by atoms with E-state index in [2.05, 4.69) is 206 Å². The number of unbranched alkanes of at least 4 members (excludes halogenated alkanes) is 2. The van der Waals surface area contributed by atoms with Crippen molar-refractivity contribution in [3.8, 4) is 11.1 Å². The quantitative estimate of drug-likeness (QED) is 0.134. The van der Waals surface area contributed by atoms with Crippen LogP contribution in [0.5, 0.6) is 0 Å². The molecule has 0 bridgehead atoms. The number of fused-ring (bicyclic) bond motifs is 6. The fraction of sp³-hybridized carbons (Fsp3) is 0.322. The third-order valence-electron chi connectivity index (χ3n) is 14.8. The van der Waals surface area contributed by atoms with Crippen LogP contribution in [0.1, 0.15) is 133 Å². The van der Waals surface area contributed by atoms with Gasteiger partial charge in [0.2, 0.25) is 0 Å². The van der Waals surface area contributed by atoms with Crippen LogP contribution in [0.4, 0.5) is 22.7 Å². The Morgan fingerprint density at radius 1 is 0.532 bits per heavy atom. The van der Waals surface area contributed by atoms with Gasteiger partial charge in [-0.25, -0.2) is 0 Å². The summed E-state index contributed by atoms with van der Waals surface area (Å²) in [5.74, 6) is 0. The molecule has 4 aliphatic rings. The molecule has 0 amide bonds. The largest absolute Gasteiger partial charge is 0.314 e. The first kappa shape index (κ1) is 40.5. The summed E-state index contributed by atoms with van der Waals surface area (Å²) in [5, 5.41) is 0. The van der Waals surface area contributed by atoms with E-state index in [0.29, 0.717) is 0 Å². The van der Waals surface area contributed by atoms with E-state index < -0.39 is 0 Å². The molecule has 0 atom stereocenters. The van der Waals surface area contributed by atoms with E-state index >= 15 is 0 Å². The molecule has 0 saturated carbocycles. The molecule has 2 aliphatic carbocycles. The van der Waals surface area contributed by atoms with Crippen LogP contribution in [0, 0.1) is 6.92 Å². The van der Waals surface area contributed by atoms with Crippen LogP contribution in [0.25, 0.3) is 22.1 Å². The van der Waals surface area contributed by atoms with Gasteiger partial charge in [-0.1, -0.05) is 172 Å². The Balaban J connectivity index is 1.36. The van der Waals surface area contributed by atoms with Crippen molar-refractivity contribution in [1.29, 1.82) is 0 Å². The number of allylic oxidation sites excluding steroid dienone is 2. The van der Waals surface area contributed by atoms with E-state index in [-0.39, 0.29) is 23.0 Å². The van der Waals surface area contributed by atoms with Crippen LogP contribution in [0.3, 0.4) is 0 Å². The minimum absolute atomic E-state index is 0.0489. The SMILES string of the molecule is CCCCc1ccc(N2C3=C(B4C5=C(N(c6ccc(CCCC)cc6-c6ccc(C)cc6)c6cc(C(C)(C)C)cc2c64)C(C)(C)c2ccccc25)c2ccccc2C3(C)C)cc1. The van der Waals surface area contributed by atoms with Crippen LogP contribution >= 0.6 is 0 Å². The molecule has 2 nitrogen and oxygen atoms in total. The van der Waals surface area contributed by atoms with Crippen molar-refractivity contribution in [2.24, 2.45) is 0 Å². The van der Waals surface area contributed by atoms with Crippen molar-refractivity contribution in [3.05, 3.63) is 183 Å². The Morgan fingerprint density at radius 2 is 1.05 bits per heavy atom. The molecular formula is C59H63BN2. The fourth-order valence-corrected chi connectivity index (χ4v) is 11.5. The maximum atomic E-state index is 2.75. The Labute approximate surface area is 372 Å². The Kier molecular flexibility index (Phi) is 9.67. The zero-order valence-electron chi connectivity index (χ0n) is 38.8. The Bertz CT molecular complexity index is 2810. The summed E-state index contributed by atoms with van der Waals surface area (Å²) in [6.07, 6.45) is 6.96. The zero-order chi connectivity index (χ0) is 43.3. The number of aryl methyl sites for hydroxylation is 3. The number of anilines is 4. The maximum absolute atomic E-state index is 2.75. The molecule has 2 aliphatic heterocycles. The summed E-state index contributed by atoms with van der Waals surface area (Å²) in [6, 6.07) is 50.1. The molecule has 0 saturated heterocycles. The first-order valence-corrected chi connectivity index (χ1v) is 23.5. The van der Waals surface area contributed by atoms with E-state index in [1.54, 1.807) is 0 Å². The average Bonchev–Trinajstić information content (AvgIpc) is 3.65. The van der Waals surface area contributed by atoms with Crippen LogP contribution in [-0.2, 0) is 29.1 Å². The third kappa shape index (κ3) is 6.12. The lowest BCUT2D eigenvalue weighted by Crippen LogP contribution is -2.51. The lowest BCUT2D eigenvalue weighted by atomic mass is 9.31. The van der Waals surface area contributed by atoms with Crippen LogP contribution < -0.4 is 15.3 Å². The van der Waals surface area contributed by atoms with Gasteiger partial charge in [-0.15, -0.1) is 0 Å². The number of benzene rings is 6. The molecule has 6 aromatic carbocycles. The van der Waals surface area contributed by atoms with Crippen molar-refractivity contribution in [1.82, 2.24) is 0 Å². The molecule has 3 heteroatoms. The van der Waals surface area contributed by atoms with Gasteiger partial charge in [-0.2, -0.15) is 0 Å². The molecule has 2 heterocycles. The first-order chi connectivity index (χ1) is 29.7. The predicted molar refractivity (Wildman–Crippen MR) is 268 cm³/mol. The molecule has 62 heavy (non-hydrogen) atoms. The molecule has 0 aromatic heterocycles. The molecule has 0 N–H and O–H groups in total. The first-order valence-electron chi connectivity index (χ1n) is 23.5. The van der Waals surface area contributed by atoms with E-state index in [1.807, 2.05) is 0 Å². The predicted octanol–water partition coefficient (Wildman–Crippen LogP) is 15.1. The van der Waals surface area contributed by atoms with Crippen molar-refractivity contribution in [3.63, 3.8) is 0 Å². The second kappa shape index (κ2) is 14.8. The summed E-state index contributed by atoms with van der Waals surface area (Å²) in [4.78, 5) is 5.45. The minimum Gasteiger partial charge on any atom is -0.314 e. The Morgan fingerprint density at radius 3 is 1.61 bits per heavy atom. The van der Waals surface area contributed by atoms with Crippen molar-refractivity contribution >= 4 is 45.9 Å². The van der Waals surface area contributed by atoms with Gasteiger partial charge in [0.25, 0.3) is 6.71 Å². The van der Waals surface area contributed by atoms with Gasteiger partial charge in [0.15, 0.2) is 0 Å². The zero-order valence-corrected chi connectivity index (χ0v) is 38.8. The number of hydrogen-bond acceptors (Lipinski definition) is 2. The molecule has 312 valence electrons. The summed E-state index contributed by atoms with van der Waals surface area (Å²) in [6.45, 7) is 23.9. The monoisotopic (exact) mass is 811 g/mol. The lowest BCUT2D eigenvalue weighted by molar-refractivity contribution is 0.589. The third-order valence-corrected chi connectivity index (χ3v) is 14.8. The number of rotatable bonds is 9. The van der Waals surface area contributed by atoms with Gasteiger partial charge < -0.3 is 9.80 Å². The van der Waals surface area contributed by atoms with E-state index in [9.17, 15) is 0 Å². The molecule has 0 unspecified atom stereocenters. The van der Waals surface area contributed by atoms with Crippen LogP contribution in [0.15, 0.2) is 139 Å². The Hall–Kier alpha value is -5.54. The van der Waals surface area contributed by atoms with Crippen molar-refractivity contribution < 1.29 is 0 Å². The topological polar surface area (TPSA) is 6.48 Å². The van der Waals surface area contributed by atoms with Gasteiger partial charge in [-0.05, 0) is 135 Å². The molecule has 0 radical (unpaired) electrons. The summed E-state index contributed by atoms with van der Waals surface area (Å²) in [7, 11) is 0. The molecule has 10 rings (SSSR count). The van der Waals surface area contributed by atoms with E-state index in [1.165, 1.54) is 132 Å². The minimum atomic E-state index is -0.271. The normalized spacial score (nSPS) is 16.6. The molecule has 6 aromatic rings. The van der Waals surface area contributed by atoms with Gasteiger partial charge >= 0.3 is 0 Å². The van der Waals surface area contributed by atoms with Gasteiger partial charge in [0, 0.05) is 44.8 Å². The van der Waals surface area contributed by atoms with Gasteiger partial charge in [0.1, 0.15) is 0 Å². The second-order valence-electron chi connectivity index (χ2n) is 20.7. The summed E-state index contributed by atoms with van der Waals surface area (Å²) < 4.78 is 0. The second-order valence-corrected chi connectivity index (χ2v) is 20.7. The highest BCUT2D eigenvalue weighted by atomic mass is 15.2. The average molecular weight is 811 g/mol. The number of hydrogen-bond donors (Lipinski definition) is 0. The van der Waals surface area contributed by atoms with E-state index in [4.69, 9.17) is 0 Å². The summed E-state index contributed by atoms with van der Waals surface area (Å²) >= 11 is 0. The van der Waals surface area contributed by atoms with Crippen LogP contribution in [-0.4, -0.2) is 6.71 Å². The highest BCUT2D eigenvalue weighted by Gasteiger charge is 2.57. The molecular weight excluding hydrogens is 747 g/mol. The maximum Gasteiger partial charge on any atom is 0.252 e. The smallest absolute Gasteiger partial charge is 0.252 e. The summed E-state index contributed by atoms with van der Waals surface area (Å²) in [5.41, 5.74) is 25.3.